The molecule has 0 amide bonds. The van der Waals surface area contributed by atoms with Gasteiger partial charge in [-0.05, 0) is 22.0 Å². The Morgan fingerprint density at radius 3 is 2.93 bits per heavy atom. The molecule has 2 heterocycles. The Morgan fingerprint density at radius 1 is 1.40 bits per heavy atom. The molecule has 2 aromatic rings. The molecular formula is C9H8BrN3O2. The highest BCUT2D eigenvalue weighted by Gasteiger charge is 2.03. The second-order valence-electron chi connectivity index (χ2n) is 2.84. The molecule has 78 valence electrons. The molecule has 6 heteroatoms. The maximum absolute atomic E-state index is 5.40. The number of halogens is 1. The molecule has 0 aliphatic heterocycles. The van der Waals surface area contributed by atoms with Crippen molar-refractivity contribution in [2.45, 2.75) is 13.5 Å². The lowest BCUT2D eigenvalue weighted by molar-refractivity contribution is 0.259. The third-order valence-electron chi connectivity index (χ3n) is 1.61. The first-order chi connectivity index (χ1) is 7.24. The summed E-state index contributed by atoms with van der Waals surface area (Å²) >= 11 is 3.30. The van der Waals surface area contributed by atoms with Gasteiger partial charge in [0.2, 0.25) is 5.89 Å². The van der Waals surface area contributed by atoms with Crippen molar-refractivity contribution in [1.29, 1.82) is 0 Å². The Bertz CT molecular complexity index is 458. The van der Waals surface area contributed by atoms with Gasteiger partial charge in [0.05, 0.1) is 6.20 Å². The first kappa shape index (κ1) is 10.1. The summed E-state index contributed by atoms with van der Waals surface area (Å²) in [7, 11) is 0. The van der Waals surface area contributed by atoms with Gasteiger partial charge in [-0.1, -0.05) is 0 Å². The van der Waals surface area contributed by atoms with Crippen LogP contribution in [0.2, 0.25) is 0 Å². The number of pyridine rings is 1. The second-order valence-corrected chi connectivity index (χ2v) is 3.76. The summed E-state index contributed by atoms with van der Waals surface area (Å²) < 4.78 is 11.4. The maximum atomic E-state index is 5.40. The molecule has 15 heavy (non-hydrogen) atoms. The molecule has 2 rings (SSSR count). The SMILES string of the molecule is Cc1nnc(COc2cncc(Br)c2)o1. The average Bonchev–Trinajstić information content (AvgIpc) is 2.62. The van der Waals surface area contributed by atoms with Gasteiger partial charge >= 0.3 is 0 Å². The molecule has 2 aromatic heterocycles. The molecule has 0 N–H and O–H groups in total. The number of nitrogens with zero attached hydrogens (tertiary/aromatic N) is 3. The number of hydrogen-bond acceptors (Lipinski definition) is 5. The second kappa shape index (κ2) is 4.39. The van der Waals surface area contributed by atoms with Crippen molar-refractivity contribution in [3.63, 3.8) is 0 Å². The van der Waals surface area contributed by atoms with E-state index in [2.05, 4.69) is 31.1 Å². The lowest BCUT2D eigenvalue weighted by Crippen LogP contribution is -1.96. The van der Waals surface area contributed by atoms with Crippen molar-refractivity contribution in [2.24, 2.45) is 0 Å². The van der Waals surface area contributed by atoms with Crippen molar-refractivity contribution in [3.05, 3.63) is 34.7 Å². The van der Waals surface area contributed by atoms with Crippen LogP contribution in [-0.4, -0.2) is 15.2 Å². The van der Waals surface area contributed by atoms with Gasteiger partial charge < -0.3 is 9.15 Å². The molecule has 0 fully saturated rings. The third kappa shape index (κ3) is 2.76. The average molecular weight is 270 g/mol. The number of hydrogen-bond donors (Lipinski definition) is 0. The van der Waals surface area contributed by atoms with E-state index in [-0.39, 0.29) is 6.61 Å². The largest absolute Gasteiger partial charge is 0.482 e. The van der Waals surface area contributed by atoms with Gasteiger partial charge in [-0.3, -0.25) is 4.98 Å². The lowest BCUT2D eigenvalue weighted by Gasteiger charge is -2.01. The van der Waals surface area contributed by atoms with Gasteiger partial charge in [0.1, 0.15) is 5.75 Å². The van der Waals surface area contributed by atoms with Crippen LogP contribution >= 0.6 is 15.9 Å². The molecule has 0 aliphatic carbocycles. The Morgan fingerprint density at radius 2 is 2.27 bits per heavy atom. The summed E-state index contributed by atoms with van der Waals surface area (Å²) in [6.07, 6.45) is 3.30. The fourth-order valence-corrected chi connectivity index (χ4v) is 1.36. The zero-order valence-electron chi connectivity index (χ0n) is 7.98. The molecule has 0 spiro atoms. The molecule has 0 atom stereocenters. The van der Waals surface area contributed by atoms with Gasteiger partial charge in [0, 0.05) is 17.6 Å². The molecule has 0 aliphatic rings. The minimum atomic E-state index is 0.249. The first-order valence-corrected chi connectivity index (χ1v) is 5.05. The van der Waals surface area contributed by atoms with E-state index < -0.39 is 0 Å². The van der Waals surface area contributed by atoms with Gasteiger partial charge in [0.25, 0.3) is 5.89 Å². The predicted molar refractivity (Wildman–Crippen MR) is 55.3 cm³/mol. The maximum Gasteiger partial charge on any atom is 0.253 e. The molecule has 0 bridgehead atoms. The van der Waals surface area contributed by atoms with Crippen LogP contribution in [-0.2, 0) is 6.61 Å². The normalized spacial score (nSPS) is 10.3. The molecule has 0 unspecified atom stereocenters. The van der Waals surface area contributed by atoms with Crippen LogP contribution < -0.4 is 4.74 Å². The third-order valence-corrected chi connectivity index (χ3v) is 2.04. The van der Waals surface area contributed by atoms with E-state index in [4.69, 9.17) is 9.15 Å². The fourth-order valence-electron chi connectivity index (χ4n) is 1.01. The van der Waals surface area contributed by atoms with Gasteiger partial charge in [0.15, 0.2) is 6.61 Å². The van der Waals surface area contributed by atoms with E-state index in [9.17, 15) is 0 Å². The Kier molecular flexibility index (Phi) is 2.96. The van der Waals surface area contributed by atoms with E-state index in [1.807, 2.05) is 6.07 Å². The van der Waals surface area contributed by atoms with Crippen LogP contribution in [0.5, 0.6) is 5.75 Å². The van der Waals surface area contributed by atoms with Crippen LogP contribution in [0.4, 0.5) is 0 Å². The standard InChI is InChI=1S/C9H8BrN3O2/c1-6-12-13-9(15-6)5-14-8-2-7(10)3-11-4-8/h2-4H,5H2,1H3. The topological polar surface area (TPSA) is 61.0 Å². The summed E-state index contributed by atoms with van der Waals surface area (Å²) in [4.78, 5) is 3.96. The minimum Gasteiger partial charge on any atom is -0.482 e. The van der Waals surface area contributed by atoms with Crippen LogP contribution in [0.3, 0.4) is 0 Å². The van der Waals surface area contributed by atoms with Crippen LogP contribution in [0, 0.1) is 6.92 Å². The molecule has 0 radical (unpaired) electrons. The Balaban J connectivity index is 1.99. The Hall–Kier alpha value is -1.43. The molecule has 0 aromatic carbocycles. The van der Waals surface area contributed by atoms with Crippen molar-refractivity contribution in [3.8, 4) is 5.75 Å². The highest BCUT2D eigenvalue weighted by atomic mass is 79.9. The highest BCUT2D eigenvalue weighted by molar-refractivity contribution is 9.10. The number of rotatable bonds is 3. The number of aryl methyl sites for hydroxylation is 1. The van der Waals surface area contributed by atoms with E-state index in [1.165, 1.54) is 0 Å². The highest BCUT2D eigenvalue weighted by Crippen LogP contribution is 2.16. The zero-order chi connectivity index (χ0) is 10.7. The summed E-state index contributed by atoms with van der Waals surface area (Å²) in [5.74, 6) is 1.63. The van der Waals surface area contributed by atoms with Gasteiger partial charge in [-0.25, -0.2) is 0 Å². The van der Waals surface area contributed by atoms with Crippen molar-refractivity contribution in [2.75, 3.05) is 0 Å². The summed E-state index contributed by atoms with van der Waals surface area (Å²) in [6.45, 7) is 1.98. The van der Waals surface area contributed by atoms with E-state index in [0.717, 1.165) is 4.47 Å². The Labute approximate surface area is 94.6 Å². The predicted octanol–water partition coefficient (Wildman–Crippen LogP) is 2.11. The summed E-state index contributed by atoms with van der Waals surface area (Å²) in [5, 5.41) is 7.50. The lowest BCUT2D eigenvalue weighted by atomic mass is 10.5. The van der Waals surface area contributed by atoms with Crippen LogP contribution in [0.1, 0.15) is 11.8 Å². The van der Waals surface area contributed by atoms with Crippen molar-refractivity contribution >= 4 is 15.9 Å². The van der Waals surface area contributed by atoms with Crippen LogP contribution in [0.15, 0.2) is 27.3 Å². The van der Waals surface area contributed by atoms with Gasteiger partial charge in [-0.15, -0.1) is 10.2 Å². The molecule has 5 nitrogen and oxygen atoms in total. The zero-order valence-corrected chi connectivity index (χ0v) is 9.56. The minimum absolute atomic E-state index is 0.249. The summed E-state index contributed by atoms with van der Waals surface area (Å²) in [6, 6.07) is 1.82. The molecule has 0 saturated carbocycles. The number of ether oxygens (including phenoxy) is 1. The van der Waals surface area contributed by atoms with Crippen molar-refractivity contribution < 1.29 is 9.15 Å². The van der Waals surface area contributed by atoms with E-state index >= 15 is 0 Å². The number of aromatic nitrogens is 3. The molecular weight excluding hydrogens is 262 g/mol. The van der Waals surface area contributed by atoms with Crippen molar-refractivity contribution in [1.82, 2.24) is 15.2 Å². The van der Waals surface area contributed by atoms with E-state index in [0.29, 0.717) is 17.5 Å². The van der Waals surface area contributed by atoms with Crippen LogP contribution in [0.25, 0.3) is 0 Å². The quantitative estimate of drug-likeness (QED) is 0.854. The monoisotopic (exact) mass is 269 g/mol. The first-order valence-electron chi connectivity index (χ1n) is 4.26. The van der Waals surface area contributed by atoms with E-state index in [1.54, 1.807) is 19.3 Å². The van der Waals surface area contributed by atoms with Gasteiger partial charge in [-0.2, -0.15) is 0 Å². The summed E-state index contributed by atoms with van der Waals surface area (Å²) in [5.41, 5.74) is 0. The fraction of sp³-hybridized carbons (Fsp3) is 0.222. The smallest absolute Gasteiger partial charge is 0.253 e. The molecule has 0 saturated heterocycles.